The van der Waals surface area contributed by atoms with Crippen LogP contribution < -0.4 is 0 Å². The van der Waals surface area contributed by atoms with Crippen LogP contribution in [0, 0.1) is 5.82 Å². The van der Waals surface area contributed by atoms with Crippen LogP contribution in [0.25, 0.3) is 0 Å². The molecule has 1 aromatic heterocycles. The van der Waals surface area contributed by atoms with Crippen LogP contribution >= 0.6 is 27.3 Å². The molecule has 0 bridgehead atoms. The lowest BCUT2D eigenvalue weighted by molar-refractivity contribution is 0.0993. The molecule has 16 heavy (non-hydrogen) atoms. The van der Waals surface area contributed by atoms with Crippen LogP contribution in [0.2, 0.25) is 0 Å². The van der Waals surface area contributed by atoms with Gasteiger partial charge in [0.1, 0.15) is 10.8 Å². The number of Topliss-reactive ketones (excluding diaryl/α,β-unsaturated/α-hetero) is 1. The Kier molecular flexibility index (Phi) is 3.46. The number of hydrogen-bond donors (Lipinski definition) is 0. The molecule has 82 valence electrons. The molecule has 5 heteroatoms. The van der Waals surface area contributed by atoms with Gasteiger partial charge >= 0.3 is 0 Å². The zero-order valence-corrected chi connectivity index (χ0v) is 10.5. The van der Waals surface area contributed by atoms with E-state index in [1.165, 1.54) is 29.5 Å². The van der Waals surface area contributed by atoms with Gasteiger partial charge in [0, 0.05) is 17.1 Å². The zero-order chi connectivity index (χ0) is 11.5. The number of ketones is 1. The number of rotatable bonds is 3. The van der Waals surface area contributed by atoms with E-state index in [1.54, 1.807) is 6.20 Å². The Labute approximate surface area is 104 Å². The van der Waals surface area contributed by atoms with Crippen molar-refractivity contribution >= 4 is 33.0 Å². The first-order valence-corrected chi connectivity index (χ1v) is 6.20. The van der Waals surface area contributed by atoms with Crippen LogP contribution in [0.5, 0.6) is 0 Å². The summed E-state index contributed by atoms with van der Waals surface area (Å²) in [5.74, 6) is -0.429. The van der Waals surface area contributed by atoms with Gasteiger partial charge in [-0.05, 0) is 34.1 Å². The summed E-state index contributed by atoms with van der Waals surface area (Å²) in [5, 5.41) is 2.59. The molecule has 0 saturated heterocycles. The lowest BCUT2D eigenvalue weighted by Gasteiger charge is -2.00. The molecule has 0 N–H and O–H groups in total. The number of nitrogens with zero attached hydrogens (tertiary/aromatic N) is 1. The molecule has 1 aromatic carbocycles. The molecule has 0 unspecified atom stereocenters. The van der Waals surface area contributed by atoms with Crippen molar-refractivity contribution in [3.63, 3.8) is 0 Å². The van der Waals surface area contributed by atoms with E-state index in [-0.39, 0.29) is 18.0 Å². The van der Waals surface area contributed by atoms with E-state index < -0.39 is 0 Å². The lowest BCUT2D eigenvalue weighted by Crippen LogP contribution is -2.03. The fraction of sp³-hybridized carbons (Fsp3) is 0.0909. The van der Waals surface area contributed by atoms with E-state index in [9.17, 15) is 9.18 Å². The number of thiazole rings is 1. The van der Waals surface area contributed by atoms with E-state index in [0.717, 1.165) is 5.01 Å². The van der Waals surface area contributed by atoms with E-state index in [0.29, 0.717) is 10.0 Å². The normalized spacial score (nSPS) is 10.4. The van der Waals surface area contributed by atoms with Crippen molar-refractivity contribution in [1.29, 1.82) is 0 Å². The average Bonchev–Trinajstić information content (AvgIpc) is 2.74. The summed E-state index contributed by atoms with van der Waals surface area (Å²) in [7, 11) is 0. The van der Waals surface area contributed by atoms with Gasteiger partial charge in [-0.2, -0.15) is 0 Å². The molecule has 0 spiro atoms. The van der Waals surface area contributed by atoms with Crippen molar-refractivity contribution < 1.29 is 9.18 Å². The third kappa shape index (κ3) is 2.54. The van der Waals surface area contributed by atoms with Gasteiger partial charge in [0.15, 0.2) is 5.78 Å². The van der Waals surface area contributed by atoms with Gasteiger partial charge in [-0.15, -0.1) is 11.3 Å². The van der Waals surface area contributed by atoms with Crippen molar-refractivity contribution in [3.05, 3.63) is 50.6 Å². The zero-order valence-electron chi connectivity index (χ0n) is 8.11. The summed E-state index contributed by atoms with van der Waals surface area (Å²) in [6.45, 7) is 0. The molecule has 0 radical (unpaired) electrons. The second-order valence-electron chi connectivity index (χ2n) is 3.15. The Balaban J connectivity index is 2.18. The highest BCUT2D eigenvalue weighted by molar-refractivity contribution is 9.10. The first-order chi connectivity index (χ1) is 7.66. The monoisotopic (exact) mass is 299 g/mol. The predicted octanol–water partition coefficient (Wildman–Crippen LogP) is 3.47. The van der Waals surface area contributed by atoms with Gasteiger partial charge in [0.05, 0.1) is 10.9 Å². The van der Waals surface area contributed by atoms with Crippen molar-refractivity contribution in [2.24, 2.45) is 0 Å². The van der Waals surface area contributed by atoms with Crippen LogP contribution in [0.1, 0.15) is 15.4 Å². The van der Waals surface area contributed by atoms with Crippen LogP contribution in [0.4, 0.5) is 4.39 Å². The Morgan fingerprint density at radius 3 is 2.94 bits per heavy atom. The first-order valence-electron chi connectivity index (χ1n) is 4.53. The Morgan fingerprint density at radius 2 is 2.31 bits per heavy atom. The second-order valence-corrected chi connectivity index (χ2v) is 4.99. The molecule has 0 saturated carbocycles. The first kappa shape index (κ1) is 11.4. The van der Waals surface area contributed by atoms with E-state index in [1.807, 2.05) is 5.38 Å². The minimum Gasteiger partial charge on any atom is -0.294 e. The minimum absolute atomic E-state index is 0.0596. The molecule has 0 fully saturated rings. The number of aromatic nitrogens is 1. The molecule has 2 rings (SSSR count). The summed E-state index contributed by atoms with van der Waals surface area (Å²) >= 11 is 4.49. The van der Waals surface area contributed by atoms with E-state index >= 15 is 0 Å². The van der Waals surface area contributed by atoms with Crippen LogP contribution in [0.3, 0.4) is 0 Å². The summed E-state index contributed by atoms with van der Waals surface area (Å²) in [5.41, 5.74) is 0.489. The molecule has 1 heterocycles. The maximum Gasteiger partial charge on any atom is 0.169 e. The smallest absolute Gasteiger partial charge is 0.169 e. The second kappa shape index (κ2) is 4.84. The average molecular weight is 300 g/mol. The lowest BCUT2D eigenvalue weighted by atomic mass is 10.1. The number of carbonyl (C=O) groups excluding carboxylic acids is 1. The standard InChI is InChI=1S/C11H7BrFNOS/c12-8-5-7(1-2-9(8)13)10(15)6-11-14-3-4-16-11/h1-5H,6H2. The van der Waals surface area contributed by atoms with Gasteiger partial charge in [0.25, 0.3) is 0 Å². The molecule has 0 atom stereocenters. The third-order valence-corrected chi connectivity index (χ3v) is 3.42. The summed E-state index contributed by atoms with van der Waals surface area (Å²) in [6.07, 6.45) is 1.92. The van der Waals surface area contributed by atoms with Gasteiger partial charge in [-0.1, -0.05) is 0 Å². The van der Waals surface area contributed by atoms with Gasteiger partial charge in [0.2, 0.25) is 0 Å². The van der Waals surface area contributed by atoms with E-state index in [2.05, 4.69) is 20.9 Å². The predicted molar refractivity (Wildman–Crippen MR) is 64.2 cm³/mol. The summed E-state index contributed by atoms with van der Waals surface area (Å²) < 4.78 is 13.3. The van der Waals surface area contributed by atoms with Gasteiger partial charge < -0.3 is 0 Å². The molecule has 0 amide bonds. The van der Waals surface area contributed by atoms with Crippen molar-refractivity contribution in [2.75, 3.05) is 0 Å². The van der Waals surface area contributed by atoms with Crippen molar-refractivity contribution in [1.82, 2.24) is 4.98 Å². The highest BCUT2D eigenvalue weighted by atomic mass is 79.9. The Hall–Kier alpha value is -1.07. The van der Waals surface area contributed by atoms with E-state index in [4.69, 9.17) is 0 Å². The third-order valence-electron chi connectivity index (χ3n) is 2.04. The highest BCUT2D eigenvalue weighted by Crippen LogP contribution is 2.18. The quantitative estimate of drug-likeness (QED) is 0.812. The summed E-state index contributed by atoms with van der Waals surface area (Å²) in [6, 6.07) is 4.25. The number of carbonyl (C=O) groups is 1. The SMILES string of the molecule is O=C(Cc1nccs1)c1ccc(F)c(Br)c1. The fourth-order valence-electron chi connectivity index (χ4n) is 1.25. The molecular weight excluding hydrogens is 293 g/mol. The molecule has 2 nitrogen and oxygen atoms in total. The fourth-order valence-corrected chi connectivity index (χ4v) is 2.24. The molecule has 0 aliphatic heterocycles. The highest BCUT2D eigenvalue weighted by Gasteiger charge is 2.10. The summed E-state index contributed by atoms with van der Waals surface area (Å²) in [4.78, 5) is 15.8. The van der Waals surface area contributed by atoms with Crippen LogP contribution in [0.15, 0.2) is 34.2 Å². The van der Waals surface area contributed by atoms with Crippen molar-refractivity contribution in [2.45, 2.75) is 6.42 Å². The maximum absolute atomic E-state index is 13.0. The van der Waals surface area contributed by atoms with Gasteiger partial charge in [-0.3, -0.25) is 4.79 Å². The number of benzene rings is 1. The van der Waals surface area contributed by atoms with Crippen LogP contribution in [-0.4, -0.2) is 10.8 Å². The maximum atomic E-state index is 13.0. The largest absolute Gasteiger partial charge is 0.294 e. The molecular formula is C11H7BrFNOS. The van der Waals surface area contributed by atoms with Crippen molar-refractivity contribution in [3.8, 4) is 0 Å². The molecule has 2 aromatic rings. The topological polar surface area (TPSA) is 30.0 Å². The number of halogens is 2. The van der Waals surface area contributed by atoms with Gasteiger partial charge in [-0.25, -0.2) is 9.37 Å². The molecule has 0 aliphatic rings. The van der Waals surface area contributed by atoms with Crippen LogP contribution in [-0.2, 0) is 6.42 Å². The number of hydrogen-bond acceptors (Lipinski definition) is 3. The molecule has 0 aliphatic carbocycles. The minimum atomic E-state index is -0.370. The Bertz CT molecular complexity index is 513. The Morgan fingerprint density at radius 1 is 1.50 bits per heavy atom.